The second kappa shape index (κ2) is 7.65. The Kier molecular flexibility index (Phi) is 5.12. The predicted molar refractivity (Wildman–Crippen MR) is 103 cm³/mol. The van der Waals surface area contributed by atoms with Crippen LogP contribution in [-0.2, 0) is 4.79 Å². The minimum atomic E-state index is -0.233. The van der Waals surface area contributed by atoms with Gasteiger partial charge in [0.25, 0.3) is 5.91 Å². The predicted octanol–water partition coefficient (Wildman–Crippen LogP) is 4.29. The topological polar surface area (TPSA) is 65.2 Å². The first-order chi connectivity index (χ1) is 12.2. The summed E-state index contributed by atoms with van der Waals surface area (Å²) in [5.74, 6) is -0.233. The Morgan fingerprint density at radius 3 is 2.52 bits per heavy atom. The molecular formula is C20H15N3OS. The number of nitriles is 1. The van der Waals surface area contributed by atoms with E-state index in [0.717, 1.165) is 16.7 Å². The van der Waals surface area contributed by atoms with Crippen LogP contribution in [0.1, 0.15) is 23.6 Å². The normalized spacial score (nSPS) is 17.6. The summed E-state index contributed by atoms with van der Waals surface area (Å²) >= 11 is 1.17. The molecule has 0 saturated carbocycles. The average Bonchev–Trinajstić information content (AvgIpc) is 2.96. The van der Waals surface area contributed by atoms with Crippen molar-refractivity contribution in [1.29, 1.82) is 5.26 Å². The van der Waals surface area contributed by atoms with Gasteiger partial charge in [-0.2, -0.15) is 5.26 Å². The molecule has 0 radical (unpaired) electrons. The molecule has 0 aliphatic carbocycles. The van der Waals surface area contributed by atoms with Gasteiger partial charge in [0.1, 0.15) is 0 Å². The van der Waals surface area contributed by atoms with Gasteiger partial charge < -0.3 is 0 Å². The number of allylic oxidation sites excluding steroid dienone is 1. The zero-order valence-electron chi connectivity index (χ0n) is 13.6. The Morgan fingerprint density at radius 1 is 1.12 bits per heavy atom. The highest BCUT2D eigenvalue weighted by Gasteiger charge is 2.23. The molecule has 3 rings (SSSR count). The molecule has 0 spiro atoms. The number of carbonyl (C=O) groups excluding carboxylic acids is 1. The van der Waals surface area contributed by atoms with Crippen molar-refractivity contribution in [2.45, 2.75) is 6.92 Å². The van der Waals surface area contributed by atoms with E-state index in [4.69, 9.17) is 5.26 Å². The lowest BCUT2D eigenvalue weighted by Gasteiger charge is -2.03. The Balaban J connectivity index is 1.78. The molecule has 4 nitrogen and oxygen atoms in total. The van der Waals surface area contributed by atoms with Crippen molar-refractivity contribution < 1.29 is 4.79 Å². The first kappa shape index (κ1) is 16.7. The molecule has 0 unspecified atom stereocenters. The number of thioether (sulfide) groups is 1. The molecule has 1 aliphatic heterocycles. The molecule has 1 N–H and O–H groups in total. The summed E-state index contributed by atoms with van der Waals surface area (Å²) in [6.07, 6.45) is 5.60. The fourth-order valence-electron chi connectivity index (χ4n) is 2.40. The fraction of sp³-hybridized carbons (Fsp3) is 0.0500. The highest BCUT2D eigenvalue weighted by atomic mass is 32.2. The third kappa shape index (κ3) is 4.25. The van der Waals surface area contributed by atoms with Crippen LogP contribution in [0.4, 0.5) is 0 Å². The maximum atomic E-state index is 11.8. The second-order valence-electron chi connectivity index (χ2n) is 5.44. The maximum Gasteiger partial charge on any atom is 0.264 e. The van der Waals surface area contributed by atoms with Crippen molar-refractivity contribution in [2.24, 2.45) is 4.99 Å². The SMILES string of the molecule is C/C(=C/c1ccccc1)c1ccc(C=C2SC(=NC#N)NC2=O)cc1. The highest BCUT2D eigenvalue weighted by Crippen LogP contribution is 2.26. The van der Waals surface area contributed by atoms with Crippen LogP contribution >= 0.6 is 11.8 Å². The van der Waals surface area contributed by atoms with Crippen LogP contribution in [0.2, 0.25) is 0 Å². The summed E-state index contributed by atoms with van der Waals surface area (Å²) < 4.78 is 0. The van der Waals surface area contributed by atoms with E-state index in [-0.39, 0.29) is 5.91 Å². The lowest BCUT2D eigenvalue weighted by Crippen LogP contribution is -2.19. The van der Waals surface area contributed by atoms with Crippen molar-refractivity contribution in [2.75, 3.05) is 0 Å². The number of benzene rings is 2. The van der Waals surface area contributed by atoms with E-state index >= 15 is 0 Å². The number of rotatable bonds is 3. The number of nitrogens with zero attached hydrogens (tertiary/aromatic N) is 2. The third-order valence-electron chi connectivity index (χ3n) is 3.65. The van der Waals surface area contributed by atoms with E-state index in [2.05, 4.69) is 35.4 Å². The molecular weight excluding hydrogens is 330 g/mol. The summed E-state index contributed by atoms with van der Waals surface area (Å²) in [5, 5.41) is 11.4. The molecule has 5 heteroatoms. The minimum Gasteiger partial charge on any atom is -0.300 e. The van der Waals surface area contributed by atoms with Crippen molar-refractivity contribution in [3.63, 3.8) is 0 Å². The summed E-state index contributed by atoms with van der Waals surface area (Å²) in [7, 11) is 0. The van der Waals surface area contributed by atoms with E-state index in [1.54, 1.807) is 12.3 Å². The maximum absolute atomic E-state index is 11.8. The minimum absolute atomic E-state index is 0.233. The standard InChI is InChI=1S/C20H15N3OS/c1-14(11-15-5-3-2-4-6-15)17-9-7-16(8-10-17)12-18-19(24)23-20(25-18)22-13-21/h2-12H,1H3,(H,22,23,24)/b14-11-,18-12?. The van der Waals surface area contributed by atoms with Crippen molar-refractivity contribution >= 4 is 40.6 Å². The van der Waals surface area contributed by atoms with Crippen molar-refractivity contribution in [3.8, 4) is 6.19 Å². The largest absolute Gasteiger partial charge is 0.300 e. The van der Waals surface area contributed by atoms with Crippen LogP contribution in [0.25, 0.3) is 17.7 Å². The highest BCUT2D eigenvalue weighted by molar-refractivity contribution is 8.18. The van der Waals surface area contributed by atoms with Gasteiger partial charge in [-0.25, -0.2) is 0 Å². The zero-order chi connectivity index (χ0) is 17.6. The molecule has 1 saturated heterocycles. The molecule has 0 bridgehead atoms. The van der Waals surface area contributed by atoms with Crippen LogP contribution in [-0.4, -0.2) is 11.1 Å². The molecule has 0 aromatic heterocycles. The molecule has 0 atom stereocenters. The van der Waals surface area contributed by atoms with E-state index in [9.17, 15) is 4.79 Å². The molecule has 1 heterocycles. The Hall–Kier alpha value is -3.10. The Bertz CT molecular complexity index is 920. The lowest BCUT2D eigenvalue weighted by molar-refractivity contribution is -0.115. The number of hydrogen-bond acceptors (Lipinski definition) is 4. The average molecular weight is 345 g/mol. The van der Waals surface area contributed by atoms with Crippen LogP contribution in [0.3, 0.4) is 0 Å². The smallest absolute Gasteiger partial charge is 0.264 e. The van der Waals surface area contributed by atoms with E-state index in [1.165, 1.54) is 17.3 Å². The summed E-state index contributed by atoms with van der Waals surface area (Å²) in [6, 6.07) is 18.2. The number of carbonyl (C=O) groups is 1. The quantitative estimate of drug-likeness (QED) is 0.513. The Morgan fingerprint density at radius 2 is 1.84 bits per heavy atom. The number of nitrogens with one attached hydrogen (secondary N) is 1. The van der Waals surface area contributed by atoms with E-state index in [1.807, 2.05) is 42.5 Å². The third-order valence-corrected chi connectivity index (χ3v) is 4.56. The monoisotopic (exact) mass is 345 g/mol. The zero-order valence-corrected chi connectivity index (χ0v) is 14.4. The van der Waals surface area contributed by atoms with Crippen LogP contribution in [0.5, 0.6) is 0 Å². The van der Waals surface area contributed by atoms with E-state index < -0.39 is 0 Å². The summed E-state index contributed by atoms with van der Waals surface area (Å²) in [4.78, 5) is 15.9. The molecule has 1 amide bonds. The number of amidine groups is 1. The number of aliphatic imine (C=N–C) groups is 1. The van der Waals surface area contributed by atoms with Gasteiger partial charge in [0.2, 0.25) is 6.19 Å². The number of hydrogen-bond donors (Lipinski definition) is 1. The first-order valence-corrected chi connectivity index (χ1v) is 8.49. The van der Waals surface area contributed by atoms with Gasteiger partial charge >= 0.3 is 0 Å². The van der Waals surface area contributed by atoms with Crippen LogP contribution in [0, 0.1) is 11.5 Å². The summed E-state index contributed by atoms with van der Waals surface area (Å²) in [5.41, 5.74) is 4.38. The van der Waals surface area contributed by atoms with E-state index in [0.29, 0.717) is 10.1 Å². The van der Waals surface area contributed by atoms with Gasteiger partial charge in [-0.3, -0.25) is 10.1 Å². The number of amides is 1. The van der Waals surface area contributed by atoms with Gasteiger partial charge in [-0.1, -0.05) is 60.7 Å². The fourth-order valence-corrected chi connectivity index (χ4v) is 3.18. The van der Waals surface area contributed by atoms with Gasteiger partial charge in [0, 0.05) is 0 Å². The summed E-state index contributed by atoms with van der Waals surface area (Å²) in [6.45, 7) is 2.07. The molecule has 122 valence electrons. The van der Waals surface area contributed by atoms with Gasteiger partial charge in [-0.05, 0) is 47.0 Å². The van der Waals surface area contributed by atoms with Crippen LogP contribution < -0.4 is 5.32 Å². The van der Waals surface area contributed by atoms with Crippen molar-refractivity contribution in [3.05, 3.63) is 76.2 Å². The van der Waals surface area contributed by atoms with Gasteiger partial charge in [-0.15, -0.1) is 4.99 Å². The van der Waals surface area contributed by atoms with Gasteiger partial charge in [0.05, 0.1) is 4.91 Å². The van der Waals surface area contributed by atoms with Crippen LogP contribution in [0.15, 0.2) is 64.5 Å². The van der Waals surface area contributed by atoms with Crippen molar-refractivity contribution in [1.82, 2.24) is 5.32 Å². The molecule has 25 heavy (non-hydrogen) atoms. The molecule has 1 fully saturated rings. The molecule has 1 aliphatic rings. The molecule has 2 aromatic rings. The second-order valence-corrected chi connectivity index (χ2v) is 6.47. The lowest BCUT2D eigenvalue weighted by atomic mass is 10.0. The first-order valence-electron chi connectivity index (χ1n) is 7.67. The Labute approximate surface area is 150 Å². The molecule has 2 aromatic carbocycles. The van der Waals surface area contributed by atoms with Gasteiger partial charge in [0.15, 0.2) is 5.17 Å².